The Bertz CT molecular complexity index is 1350. The summed E-state index contributed by atoms with van der Waals surface area (Å²) >= 11 is 1.57. The van der Waals surface area contributed by atoms with Crippen molar-refractivity contribution in [1.29, 1.82) is 0 Å². The Labute approximate surface area is 281 Å². The van der Waals surface area contributed by atoms with Crippen molar-refractivity contribution in [1.82, 2.24) is 20.5 Å². The van der Waals surface area contributed by atoms with Gasteiger partial charge in [-0.3, -0.25) is 19.2 Å². The lowest BCUT2D eigenvalue weighted by Gasteiger charge is -2.35. The minimum Gasteiger partial charge on any atom is -0.460 e. The van der Waals surface area contributed by atoms with Gasteiger partial charge in [-0.05, 0) is 44.2 Å². The number of rotatable bonds is 15. The number of aromatic nitrogens is 1. The van der Waals surface area contributed by atoms with E-state index in [9.17, 15) is 24.3 Å². The van der Waals surface area contributed by atoms with Gasteiger partial charge in [-0.15, -0.1) is 11.3 Å². The second-order valence-electron chi connectivity index (χ2n) is 13.8. The summed E-state index contributed by atoms with van der Waals surface area (Å²) in [6.45, 7) is 14.0. The number of esters is 1. The number of carbonyl (C=O) groups excluding carboxylic acids is 4. The first-order valence-electron chi connectivity index (χ1n) is 16.0. The molecule has 3 rings (SSSR count). The van der Waals surface area contributed by atoms with Crippen LogP contribution < -0.4 is 10.6 Å². The molecule has 2 heterocycles. The van der Waals surface area contributed by atoms with Crippen LogP contribution in [-0.2, 0) is 39.9 Å². The molecule has 3 amide bonds. The fourth-order valence-electron chi connectivity index (χ4n) is 5.05. The van der Waals surface area contributed by atoms with Crippen LogP contribution in [0, 0.1) is 12.3 Å². The van der Waals surface area contributed by atoms with Crippen LogP contribution in [0.25, 0.3) is 10.4 Å². The predicted octanol–water partition coefficient (Wildman–Crippen LogP) is 3.38. The Morgan fingerprint density at radius 3 is 2.21 bits per heavy atom. The van der Waals surface area contributed by atoms with E-state index in [0.29, 0.717) is 0 Å². The SMILES string of the molecule is Cc1ncsc1-c1ccc(CNC(=O)C2CC(O)CN2C(=O)C(NC(=O)CCOCCOCCC(=O)OC(C)(C)C)C(C)(C)C)cc1. The predicted molar refractivity (Wildman–Crippen MR) is 178 cm³/mol. The van der Waals surface area contributed by atoms with Crippen molar-refractivity contribution in [3.05, 3.63) is 41.0 Å². The number of ether oxygens (including phenoxy) is 3. The number of nitrogens with one attached hydrogen (secondary N) is 2. The van der Waals surface area contributed by atoms with E-state index in [4.69, 9.17) is 14.2 Å². The normalized spacial score (nSPS) is 17.3. The summed E-state index contributed by atoms with van der Waals surface area (Å²) in [5, 5.41) is 16.2. The molecule has 12 nitrogen and oxygen atoms in total. The molecule has 1 saturated heterocycles. The molecule has 3 N–H and O–H groups in total. The first-order chi connectivity index (χ1) is 22.0. The van der Waals surface area contributed by atoms with E-state index in [2.05, 4.69) is 15.6 Å². The first kappa shape index (κ1) is 38.1. The summed E-state index contributed by atoms with van der Waals surface area (Å²) in [4.78, 5) is 58.4. The number of amides is 3. The number of hydrogen-bond donors (Lipinski definition) is 3. The second-order valence-corrected chi connectivity index (χ2v) is 14.6. The molecule has 13 heteroatoms. The first-order valence-corrected chi connectivity index (χ1v) is 16.9. The van der Waals surface area contributed by atoms with Crippen molar-refractivity contribution in [2.24, 2.45) is 5.41 Å². The van der Waals surface area contributed by atoms with Gasteiger partial charge in [0.05, 0.1) is 55.0 Å². The zero-order valence-electron chi connectivity index (χ0n) is 28.6. The van der Waals surface area contributed by atoms with Crippen LogP contribution in [-0.4, -0.2) is 95.4 Å². The molecule has 0 radical (unpaired) electrons. The third kappa shape index (κ3) is 12.3. The van der Waals surface area contributed by atoms with Gasteiger partial charge in [0, 0.05) is 25.9 Å². The molecule has 47 heavy (non-hydrogen) atoms. The Balaban J connectivity index is 1.46. The minimum atomic E-state index is -0.922. The number of carbonyl (C=O) groups is 4. The van der Waals surface area contributed by atoms with Crippen molar-refractivity contribution < 1.29 is 38.5 Å². The summed E-state index contributed by atoms with van der Waals surface area (Å²) < 4.78 is 16.1. The molecule has 1 aromatic carbocycles. The molecule has 0 spiro atoms. The van der Waals surface area contributed by atoms with E-state index in [0.717, 1.165) is 21.7 Å². The Morgan fingerprint density at radius 1 is 1.00 bits per heavy atom. The van der Waals surface area contributed by atoms with Crippen molar-refractivity contribution in [2.75, 3.05) is 33.0 Å². The highest BCUT2D eigenvalue weighted by Crippen LogP contribution is 2.28. The number of nitrogens with zero attached hydrogens (tertiary/aromatic N) is 2. The summed E-state index contributed by atoms with van der Waals surface area (Å²) in [5.41, 5.74) is 3.52. The number of β-amino-alcohol motifs (C(OH)–C–C–N with tert-alkyl or cyclic N) is 1. The lowest BCUT2D eigenvalue weighted by Crippen LogP contribution is -2.57. The Kier molecular flexibility index (Phi) is 13.9. The summed E-state index contributed by atoms with van der Waals surface area (Å²) in [7, 11) is 0. The monoisotopic (exact) mass is 674 g/mol. The van der Waals surface area contributed by atoms with Crippen molar-refractivity contribution in [3.63, 3.8) is 0 Å². The zero-order valence-corrected chi connectivity index (χ0v) is 29.4. The molecule has 1 fully saturated rings. The number of aryl methyl sites for hydroxylation is 1. The quantitative estimate of drug-likeness (QED) is 0.190. The molecular formula is C34H50N4O8S. The van der Waals surface area contributed by atoms with Gasteiger partial charge in [0.15, 0.2) is 0 Å². The van der Waals surface area contributed by atoms with E-state index in [1.807, 2.05) is 57.5 Å². The van der Waals surface area contributed by atoms with Gasteiger partial charge in [0.1, 0.15) is 17.7 Å². The van der Waals surface area contributed by atoms with Crippen LogP contribution in [0.5, 0.6) is 0 Å². The highest BCUT2D eigenvalue weighted by atomic mass is 32.1. The summed E-state index contributed by atoms with van der Waals surface area (Å²) in [5.74, 6) is -1.50. The van der Waals surface area contributed by atoms with Crippen LogP contribution in [0.2, 0.25) is 0 Å². The number of likely N-dealkylation sites (tertiary alicyclic amines) is 1. The van der Waals surface area contributed by atoms with Gasteiger partial charge in [-0.2, -0.15) is 0 Å². The lowest BCUT2D eigenvalue weighted by atomic mass is 9.85. The lowest BCUT2D eigenvalue weighted by molar-refractivity contribution is -0.156. The van der Waals surface area contributed by atoms with Crippen LogP contribution in [0.15, 0.2) is 29.8 Å². The maximum absolute atomic E-state index is 13.8. The molecular weight excluding hydrogens is 624 g/mol. The molecule has 2 aromatic rings. The Morgan fingerprint density at radius 2 is 1.64 bits per heavy atom. The largest absolute Gasteiger partial charge is 0.460 e. The molecule has 0 aliphatic carbocycles. The molecule has 3 unspecified atom stereocenters. The number of thiazole rings is 1. The molecule has 1 aliphatic rings. The van der Waals surface area contributed by atoms with E-state index in [1.54, 1.807) is 32.1 Å². The summed E-state index contributed by atoms with van der Waals surface area (Å²) in [6.07, 6.45) is -0.584. The molecule has 260 valence electrons. The van der Waals surface area contributed by atoms with Crippen LogP contribution in [0.3, 0.4) is 0 Å². The standard InChI is InChI=1S/C34H50N4O8S/c1-22-29(47-21-36-22)24-10-8-23(9-11-24)19-35-31(42)26-18-25(39)20-38(26)32(43)30(33(2,3)4)37-27(40)12-14-44-16-17-45-15-13-28(41)46-34(5,6)7/h8-11,21,25-26,30,39H,12-20H2,1-7H3,(H,35,42)(H,37,40). The number of benzene rings is 1. The molecule has 1 aliphatic heterocycles. The average molecular weight is 675 g/mol. The van der Waals surface area contributed by atoms with Gasteiger partial charge in [0.2, 0.25) is 17.7 Å². The molecule has 3 atom stereocenters. The van der Waals surface area contributed by atoms with Crippen LogP contribution in [0.1, 0.15) is 72.1 Å². The van der Waals surface area contributed by atoms with Gasteiger partial charge < -0.3 is 34.9 Å². The highest BCUT2D eigenvalue weighted by Gasteiger charge is 2.44. The third-order valence-electron chi connectivity index (χ3n) is 7.43. The highest BCUT2D eigenvalue weighted by molar-refractivity contribution is 7.13. The zero-order chi connectivity index (χ0) is 34.8. The number of hydrogen-bond acceptors (Lipinski definition) is 10. The minimum absolute atomic E-state index is 0.000688. The smallest absolute Gasteiger partial charge is 0.308 e. The summed E-state index contributed by atoms with van der Waals surface area (Å²) in [6, 6.07) is 6.07. The van der Waals surface area contributed by atoms with E-state index < -0.39 is 35.1 Å². The fraction of sp³-hybridized carbons (Fsp3) is 0.618. The van der Waals surface area contributed by atoms with E-state index in [1.165, 1.54) is 4.90 Å². The van der Waals surface area contributed by atoms with Gasteiger partial charge in [-0.1, -0.05) is 45.0 Å². The third-order valence-corrected chi connectivity index (χ3v) is 8.41. The second kappa shape index (κ2) is 17.1. The maximum Gasteiger partial charge on any atom is 0.308 e. The molecule has 0 saturated carbocycles. The van der Waals surface area contributed by atoms with E-state index in [-0.39, 0.29) is 76.6 Å². The Hall–Kier alpha value is -3.39. The number of aliphatic hydroxyl groups excluding tert-OH is 1. The number of aliphatic hydroxyl groups is 1. The van der Waals surface area contributed by atoms with Crippen LogP contribution in [0.4, 0.5) is 0 Å². The molecule has 1 aromatic heterocycles. The van der Waals surface area contributed by atoms with Gasteiger partial charge >= 0.3 is 5.97 Å². The van der Waals surface area contributed by atoms with Crippen molar-refractivity contribution in [2.45, 2.75) is 98.1 Å². The van der Waals surface area contributed by atoms with Crippen molar-refractivity contribution >= 4 is 35.0 Å². The van der Waals surface area contributed by atoms with Gasteiger partial charge in [-0.25, -0.2) is 4.98 Å². The fourth-order valence-corrected chi connectivity index (χ4v) is 5.86. The van der Waals surface area contributed by atoms with E-state index >= 15 is 0 Å². The molecule has 0 bridgehead atoms. The maximum atomic E-state index is 13.8. The van der Waals surface area contributed by atoms with Crippen molar-refractivity contribution in [3.8, 4) is 10.4 Å². The van der Waals surface area contributed by atoms with Crippen LogP contribution >= 0.6 is 11.3 Å². The van der Waals surface area contributed by atoms with Gasteiger partial charge in [0.25, 0.3) is 0 Å². The topological polar surface area (TPSA) is 156 Å². The average Bonchev–Trinajstić information content (AvgIpc) is 3.59.